The Kier molecular flexibility index (Phi) is 3.39. The molecule has 0 aromatic carbocycles. The van der Waals surface area contributed by atoms with E-state index in [2.05, 4.69) is 15.3 Å². The zero-order valence-electron chi connectivity index (χ0n) is 8.15. The SMILES string of the molecule is CC(C)CNC(=O)c1cncc([O])n1. The molecule has 1 amide bonds. The van der Waals surface area contributed by atoms with Crippen molar-refractivity contribution in [2.75, 3.05) is 6.54 Å². The van der Waals surface area contributed by atoms with Crippen molar-refractivity contribution in [3.8, 4) is 5.88 Å². The van der Waals surface area contributed by atoms with E-state index in [0.717, 1.165) is 6.20 Å². The second-order valence-corrected chi connectivity index (χ2v) is 3.35. The summed E-state index contributed by atoms with van der Waals surface area (Å²) in [7, 11) is 0. The van der Waals surface area contributed by atoms with Crippen molar-refractivity contribution in [1.82, 2.24) is 15.3 Å². The number of aromatic nitrogens is 2. The van der Waals surface area contributed by atoms with E-state index >= 15 is 0 Å². The Bertz CT molecular complexity index is 326. The zero-order chi connectivity index (χ0) is 10.6. The van der Waals surface area contributed by atoms with Crippen LogP contribution in [-0.2, 0) is 5.11 Å². The quantitative estimate of drug-likeness (QED) is 0.780. The number of rotatable bonds is 3. The van der Waals surface area contributed by atoms with Crippen molar-refractivity contribution < 1.29 is 9.90 Å². The predicted molar refractivity (Wildman–Crippen MR) is 49.3 cm³/mol. The minimum absolute atomic E-state index is 0.0677. The van der Waals surface area contributed by atoms with Gasteiger partial charge in [-0.1, -0.05) is 13.8 Å². The summed E-state index contributed by atoms with van der Waals surface area (Å²) in [6, 6.07) is 0. The van der Waals surface area contributed by atoms with Crippen molar-refractivity contribution in [3.63, 3.8) is 0 Å². The van der Waals surface area contributed by atoms with Crippen LogP contribution in [0, 0.1) is 5.92 Å². The van der Waals surface area contributed by atoms with Crippen LogP contribution in [-0.4, -0.2) is 22.4 Å². The van der Waals surface area contributed by atoms with E-state index in [1.807, 2.05) is 13.8 Å². The van der Waals surface area contributed by atoms with Crippen molar-refractivity contribution in [3.05, 3.63) is 18.1 Å². The summed E-state index contributed by atoms with van der Waals surface area (Å²) in [6.07, 6.45) is 2.34. The van der Waals surface area contributed by atoms with Gasteiger partial charge in [0.25, 0.3) is 11.8 Å². The molecule has 5 nitrogen and oxygen atoms in total. The molecule has 0 atom stereocenters. The molecule has 1 aromatic rings. The van der Waals surface area contributed by atoms with Crippen molar-refractivity contribution in [2.24, 2.45) is 5.92 Å². The molecule has 0 spiro atoms. The number of carbonyl (C=O) groups is 1. The van der Waals surface area contributed by atoms with Gasteiger partial charge >= 0.3 is 0 Å². The maximum atomic E-state index is 11.3. The Morgan fingerprint density at radius 1 is 1.50 bits per heavy atom. The standard InChI is InChI=1S/C9H12N3O2/c1-6(2)3-11-9(14)7-4-10-5-8(13)12-7/h4-6H,3H2,1-2H3,(H,11,14). The highest BCUT2D eigenvalue weighted by molar-refractivity contribution is 5.91. The van der Waals surface area contributed by atoms with Gasteiger partial charge in [-0.3, -0.25) is 14.9 Å². The average Bonchev–Trinajstić information content (AvgIpc) is 2.14. The summed E-state index contributed by atoms with van der Waals surface area (Å²) in [4.78, 5) is 18.5. The van der Waals surface area contributed by atoms with Crippen LogP contribution < -0.4 is 5.32 Å². The summed E-state index contributed by atoms with van der Waals surface area (Å²) in [5.74, 6) is -0.492. The summed E-state index contributed by atoms with van der Waals surface area (Å²) in [5, 5.41) is 13.4. The third-order valence-electron chi connectivity index (χ3n) is 1.52. The molecule has 0 bridgehead atoms. The number of amides is 1. The zero-order valence-corrected chi connectivity index (χ0v) is 8.15. The lowest BCUT2D eigenvalue weighted by atomic mass is 10.2. The van der Waals surface area contributed by atoms with Gasteiger partial charge in [-0.2, -0.15) is 0 Å². The Morgan fingerprint density at radius 2 is 2.21 bits per heavy atom. The normalized spacial score (nSPS) is 10.2. The molecular formula is C9H12N3O2. The largest absolute Gasteiger partial charge is 0.350 e. The smallest absolute Gasteiger partial charge is 0.288 e. The third-order valence-corrected chi connectivity index (χ3v) is 1.52. The molecule has 1 radical (unpaired) electrons. The molecule has 1 N–H and O–H groups in total. The summed E-state index contributed by atoms with van der Waals surface area (Å²) in [5.41, 5.74) is 0.0677. The lowest BCUT2D eigenvalue weighted by Gasteiger charge is -2.06. The molecule has 1 heterocycles. The molecule has 1 aromatic heterocycles. The van der Waals surface area contributed by atoms with Crippen LogP contribution in [0.15, 0.2) is 12.4 Å². The number of carbonyl (C=O) groups excluding carboxylic acids is 1. The van der Waals surface area contributed by atoms with Crippen LogP contribution in [0.4, 0.5) is 0 Å². The number of hydrogen-bond donors (Lipinski definition) is 1. The molecule has 0 unspecified atom stereocenters. The lowest BCUT2D eigenvalue weighted by Crippen LogP contribution is -2.28. The van der Waals surface area contributed by atoms with Crippen LogP contribution in [0.25, 0.3) is 0 Å². The lowest BCUT2D eigenvalue weighted by molar-refractivity contribution is 0.0942. The van der Waals surface area contributed by atoms with Crippen LogP contribution in [0.2, 0.25) is 0 Å². The summed E-state index contributed by atoms with van der Waals surface area (Å²) >= 11 is 0. The first-order valence-corrected chi connectivity index (χ1v) is 4.37. The van der Waals surface area contributed by atoms with Crippen LogP contribution in [0.3, 0.4) is 0 Å². The second kappa shape index (κ2) is 4.55. The van der Waals surface area contributed by atoms with Gasteiger partial charge in [-0.25, -0.2) is 4.98 Å². The van der Waals surface area contributed by atoms with Gasteiger partial charge in [0, 0.05) is 6.54 Å². The Labute approximate surface area is 82.2 Å². The predicted octanol–water partition coefficient (Wildman–Crippen LogP) is 1.01. The van der Waals surface area contributed by atoms with Gasteiger partial charge in [0.05, 0.1) is 12.4 Å². The monoisotopic (exact) mass is 194 g/mol. The molecule has 0 aliphatic heterocycles. The first-order chi connectivity index (χ1) is 6.59. The van der Waals surface area contributed by atoms with Gasteiger partial charge < -0.3 is 5.32 Å². The molecule has 75 valence electrons. The molecule has 0 aliphatic carbocycles. The van der Waals surface area contributed by atoms with Crippen molar-refractivity contribution >= 4 is 5.91 Å². The van der Waals surface area contributed by atoms with Crippen molar-refractivity contribution in [2.45, 2.75) is 13.8 Å². The number of hydrogen-bond acceptors (Lipinski definition) is 3. The molecule has 0 saturated heterocycles. The van der Waals surface area contributed by atoms with Crippen LogP contribution in [0.5, 0.6) is 5.88 Å². The van der Waals surface area contributed by atoms with Crippen molar-refractivity contribution in [1.29, 1.82) is 0 Å². The molecule has 0 saturated carbocycles. The van der Waals surface area contributed by atoms with Gasteiger partial charge in [-0.15, -0.1) is 0 Å². The van der Waals surface area contributed by atoms with E-state index in [-0.39, 0.29) is 11.6 Å². The number of nitrogens with one attached hydrogen (secondary N) is 1. The fraction of sp³-hybridized carbons (Fsp3) is 0.444. The maximum absolute atomic E-state index is 11.3. The van der Waals surface area contributed by atoms with Crippen LogP contribution >= 0.6 is 0 Å². The van der Waals surface area contributed by atoms with E-state index in [1.54, 1.807) is 0 Å². The Hall–Kier alpha value is -1.65. The maximum Gasteiger partial charge on any atom is 0.288 e. The van der Waals surface area contributed by atoms with E-state index in [1.165, 1.54) is 6.20 Å². The molecule has 0 fully saturated rings. The van der Waals surface area contributed by atoms with E-state index in [9.17, 15) is 9.90 Å². The van der Waals surface area contributed by atoms with Gasteiger partial charge in [0.2, 0.25) is 0 Å². The third kappa shape index (κ3) is 3.01. The van der Waals surface area contributed by atoms with Gasteiger partial charge in [-0.05, 0) is 5.92 Å². The highest BCUT2D eigenvalue weighted by Gasteiger charge is 2.08. The Morgan fingerprint density at radius 3 is 2.79 bits per heavy atom. The first-order valence-electron chi connectivity index (χ1n) is 4.37. The minimum atomic E-state index is -0.498. The van der Waals surface area contributed by atoms with Gasteiger partial charge in [0.15, 0.2) is 5.69 Å². The number of nitrogens with zero attached hydrogens (tertiary/aromatic N) is 2. The first kappa shape index (κ1) is 10.4. The Balaban J connectivity index is 2.61. The minimum Gasteiger partial charge on any atom is -0.350 e. The highest BCUT2D eigenvalue weighted by Crippen LogP contribution is 2.02. The summed E-state index contributed by atoms with van der Waals surface area (Å²) in [6.45, 7) is 4.52. The molecule has 5 heteroatoms. The highest BCUT2D eigenvalue weighted by atomic mass is 16.3. The molecule has 0 aliphatic rings. The van der Waals surface area contributed by atoms with Crippen LogP contribution in [0.1, 0.15) is 24.3 Å². The fourth-order valence-corrected chi connectivity index (χ4v) is 0.845. The fourth-order valence-electron chi connectivity index (χ4n) is 0.845. The molecular weight excluding hydrogens is 182 g/mol. The molecule has 1 rings (SSSR count). The molecule has 14 heavy (non-hydrogen) atoms. The summed E-state index contributed by atoms with van der Waals surface area (Å²) < 4.78 is 0. The second-order valence-electron chi connectivity index (χ2n) is 3.35. The average molecular weight is 194 g/mol. The van der Waals surface area contributed by atoms with E-state index in [4.69, 9.17) is 0 Å². The van der Waals surface area contributed by atoms with E-state index < -0.39 is 5.88 Å². The van der Waals surface area contributed by atoms with Gasteiger partial charge in [0.1, 0.15) is 0 Å². The van der Waals surface area contributed by atoms with E-state index in [0.29, 0.717) is 12.5 Å². The topological polar surface area (TPSA) is 74.8 Å².